The van der Waals surface area contributed by atoms with Gasteiger partial charge in [0.05, 0.1) is 0 Å². The molecule has 0 aliphatic rings. The number of amides is 1. The van der Waals surface area contributed by atoms with Crippen molar-refractivity contribution < 1.29 is 4.79 Å². The maximum atomic E-state index is 11.6. The fraction of sp³-hybridized carbons (Fsp3) is 0.438. The van der Waals surface area contributed by atoms with Gasteiger partial charge < -0.3 is 10.6 Å². The van der Waals surface area contributed by atoms with Crippen molar-refractivity contribution in [2.45, 2.75) is 32.7 Å². The molecular weight excluding hydrogens is 236 g/mol. The number of hydrogen-bond acceptors (Lipinski definition) is 2. The van der Waals surface area contributed by atoms with E-state index < -0.39 is 0 Å². The minimum absolute atomic E-state index is 0.0744. The minimum Gasteiger partial charge on any atom is -0.351 e. The molecule has 0 aliphatic carbocycles. The third-order valence-electron chi connectivity index (χ3n) is 2.56. The van der Waals surface area contributed by atoms with Gasteiger partial charge in [-0.3, -0.25) is 4.79 Å². The average molecular weight is 260 g/mol. The van der Waals surface area contributed by atoms with E-state index in [-0.39, 0.29) is 11.4 Å². The molecule has 0 aliphatic heterocycles. The standard InChI is InChI=1S/C16H24N2O/c1-13(14-8-6-5-7-9-14)12-17-11-10-15(19)18-16(2,3)4/h5-9,17H,1,10-12H2,2-4H3,(H,18,19). The molecule has 3 heteroatoms. The van der Waals surface area contributed by atoms with E-state index in [1.807, 2.05) is 51.1 Å². The van der Waals surface area contributed by atoms with Crippen LogP contribution in [0, 0.1) is 0 Å². The fourth-order valence-electron chi connectivity index (χ4n) is 1.70. The lowest BCUT2D eigenvalue weighted by Crippen LogP contribution is -2.41. The molecule has 0 aromatic heterocycles. The van der Waals surface area contributed by atoms with Crippen LogP contribution in [0.5, 0.6) is 0 Å². The number of rotatable bonds is 6. The lowest BCUT2D eigenvalue weighted by atomic mass is 10.1. The van der Waals surface area contributed by atoms with Crippen LogP contribution in [-0.4, -0.2) is 24.5 Å². The summed E-state index contributed by atoms with van der Waals surface area (Å²) in [6, 6.07) is 10.1. The summed E-state index contributed by atoms with van der Waals surface area (Å²) < 4.78 is 0. The van der Waals surface area contributed by atoms with Crippen LogP contribution in [0.15, 0.2) is 36.9 Å². The summed E-state index contributed by atoms with van der Waals surface area (Å²) in [5, 5.41) is 6.18. The number of nitrogens with one attached hydrogen (secondary N) is 2. The van der Waals surface area contributed by atoms with Crippen LogP contribution in [0.25, 0.3) is 5.57 Å². The zero-order valence-corrected chi connectivity index (χ0v) is 12.1. The SMILES string of the molecule is C=C(CNCCC(=O)NC(C)(C)C)c1ccccc1. The van der Waals surface area contributed by atoms with Crippen molar-refractivity contribution in [2.24, 2.45) is 0 Å². The average Bonchev–Trinajstić information content (AvgIpc) is 2.33. The smallest absolute Gasteiger partial charge is 0.221 e. The van der Waals surface area contributed by atoms with Crippen LogP contribution in [0.3, 0.4) is 0 Å². The van der Waals surface area contributed by atoms with Crippen molar-refractivity contribution in [1.82, 2.24) is 10.6 Å². The molecule has 0 saturated carbocycles. The predicted octanol–water partition coefficient (Wildman–Crippen LogP) is 2.59. The highest BCUT2D eigenvalue weighted by atomic mass is 16.1. The van der Waals surface area contributed by atoms with Crippen LogP contribution in [0.1, 0.15) is 32.8 Å². The number of benzene rings is 1. The summed E-state index contributed by atoms with van der Waals surface area (Å²) in [4.78, 5) is 11.6. The van der Waals surface area contributed by atoms with Gasteiger partial charge >= 0.3 is 0 Å². The van der Waals surface area contributed by atoms with Gasteiger partial charge in [-0.25, -0.2) is 0 Å². The fourth-order valence-corrected chi connectivity index (χ4v) is 1.70. The molecule has 0 heterocycles. The first-order valence-electron chi connectivity index (χ1n) is 6.63. The second-order valence-electron chi connectivity index (χ2n) is 5.69. The summed E-state index contributed by atoms with van der Waals surface area (Å²) in [6.07, 6.45) is 0.485. The van der Waals surface area contributed by atoms with Crippen molar-refractivity contribution in [3.63, 3.8) is 0 Å². The van der Waals surface area contributed by atoms with Gasteiger partial charge in [0.1, 0.15) is 0 Å². The van der Waals surface area contributed by atoms with E-state index in [4.69, 9.17) is 0 Å². The molecule has 0 atom stereocenters. The molecule has 1 amide bonds. The number of carbonyl (C=O) groups is 1. The normalized spacial score (nSPS) is 11.1. The molecule has 0 fully saturated rings. The molecule has 0 bridgehead atoms. The molecule has 19 heavy (non-hydrogen) atoms. The van der Waals surface area contributed by atoms with E-state index in [2.05, 4.69) is 17.2 Å². The Kier molecular flexibility index (Phi) is 5.77. The summed E-state index contributed by atoms with van der Waals surface area (Å²) in [6.45, 7) is 11.3. The van der Waals surface area contributed by atoms with E-state index in [9.17, 15) is 4.79 Å². The molecular formula is C16H24N2O. The van der Waals surface area contributed by atoms with Gasteiger partial charge in [0.25, 0.3) is 0 Å². The maximum Gasteiger partial charge on any atom is 0.221 e. The summed E-state index contributed by atoms with van der Waals surface area (Å²) >= 11 is 0. The zero-order chi connectivity index (χ0) is 14.3. The molecule has 1 aromatic rings. The maximum absolute atomic E-state index is 11.6. The Morgan fingerprint density at radius 1 is 1.21 bits per heavy atom. The number of carbonyl (C=O) groups excluding carboxylic acids is 1. The van der Waals surface area contributed by atoms with E-state index in [1.54, 1.807) is 0 Å². The molecule has 3 nitrogen and oxygen atoms in total. The Balaban J connectivity index is 2.21. The van der Waals surface area contributed by atoms with Crippen LogP contribution in [-0.2, 0) is 4.79 Å². The van der Waals surface area contributed by atoms with Gasteiger partial charge in [0, 0.05) is 25.0 Å². The van der Waals surface area contributed by atoms with Crippen molar-refractivity contribution in [1.29, 1.82) is 0 Å². The van der Waals surface area contributed by atoms with E-state index in [0.29, 0.717) is 19.5 Å². The Bertz CT molecular complexity index is 418. The third kappa shape index (κ3) is 6.77. The lowest BCUT2D eigenvalue weighted by molar-refractivity contribution is -0.122. The zero-order valence-electron chi connectivity index (χ0n) is 12.1. The minimum atomic E-state index is -0.162. The van der Waals surface area contributed by atoms with Crippen molar-refractivity contribution in [3.05, 3.63) is 42.5 Å². The Hall–Kier alpha value is -1.61. The lowest BCUT2D eigenvalue weighted by Gasteiger charge is -2.20. The molecule has 0 radical (unpaired) electrons. The van der Waals surface area contributed by atoms with Gasteiger partial charge in [-0.2, -0.15) is 0 Å². The van der Waals surface area contributed by atoms with Crippen molar-refractivity contribution in [3.8, 4) is 0 Å². The molecule has 1 rings (SSSR count). The molecule has 0 saturated heterocycles. The predicted molar refractivity (Wildman–Crippen MR) is 80.9 cm³/mol. The third-order valence-corrected chi connectivity index (χ3v) is 2.56. The summed E-state index contributed by atoms with van der Waals surface area (Å²) in [5.41, 5.74) is 2.01. The topological polar surface area (TPSA) is 41.1 Å². The Morgan fingerprint density at radius 3 is 2.42 bits per heavy atom. The van der Waals surface area contributed by atoms with Gasteiger partial charge in [0.15, 0.2) is 0 Å². The Labute approximate surface area is 116 Å². The van der Waals surface area contributed by atoms with Gasteiger partial charge in [-0.1, -0.05) is 36.9 Å². The van der Waals surface area contributed by atoms with Crippen LogP contribution in [0.4, 0.5) is 0 Å². The van der Waals surface area contributed by atoms with Gasteiger partial charge in [0.2, 0.25) is 5.91 Å². The first kappa shape index (κ1) is 15.4. The van der Waals surface area contributed by atoms with Gasteiger partial charge in [-0.05, 0) is 31.9 Å². The first-order valence-corrected chi connectivity index (χ1v) is 6.63. The molecule has 0 unspecified atom stereocenters. The summed E-state index contributed by atoms with van der Waals surface area (Å²) in [5.74, 6) is 0.0744. The number of hydrogen-bond donors (Lipinski definition) is 2. The van der Waals surface area contributed by atoms with Crippen LogP contribution < -0.4 is 10.6 Å². The highest BCUT2D eigenvalue weighted by molar-refractivity contribution is 5.76. The first-order chi connectivity index (χ1) is 8.88. The molecule has 1 aromatic carbocycles. The second-order valence-corrected chi connectivity index (χ2v) is 5.69. The molecule has 2 N–H and O–H groups in total. The van der Waals surface area contributed by atoms with E-state index in [1.165, 1.54) is 0 Å². The largest absolute Gasteiger partial charge is 0.351 e. The highest BCUT2D eigenvalue weighted by Crippen LogP contribution is 2.09. The quantitative estimate of drug-likeness (QED) is 0.772. The van der Waals surface area contributed by atoms with Crippen molar-refractivity contribution >= 4 is 11.5 Å². The summed E-state index contributed by atoms with van der Waals surface area (Å²) in [7, 11) is 0. The monoisotopic (exact) mass is 260 g/mol. The van der Waals surface area contributed by atoms with Crippen LogP contribution in [0.2, 0.25) is 0 Å². The molecule has 104 valence electrons. The van der Waals surface area contributed by atoms with Crippen LogP contribution >= 0.6 is 0 Å². The Morgan fingerprint density at radius 2 is 1.84 bits per heavy atom. The second kappa shape index (κ2) is 7.10. The van der Waals surface area contributed by atoms with Gasteiger partial charge in [-0.15, -0.1) is 0 Å². The van der Waals surface area contributed by atoms with Crippen molar-refractivity contribution in [2.75, 3.05) is 13.1 Å². The van der Waals surface area contributed by atoms with E-state index in [0.717, 1.165) is 11.1 Å². The molecule has 0 spiro atoms. The highest BCUT2D eigenvalue weighted by Gasteiger charge is 2.12. The van der Waals surface area contributed by atoms with E-state index >= 15 is 0 Å².